The van der Waals surface area contributed by atoms with Crippen molar-refractivity contribution in [1.82, 2.24) is 24.8 Å². The fourth-order valence-corrected chi connectivity index (χ4v) is 2.76. The molecule has 0 saturated heterocycles. The molecule has 0 aliphatic carbocycles. The molecule has 0 radical (unpaired) electrons. The summed E-state index contributed by atoms with van der Waals surface area (Å²) in [7, 11) is 2.02. The number of benzene rings is 1. The normalized spacial score (nSPS) is 11.1. The van der Waals surface area contributed by atoms with E-state index in [2.05, 4.69) is 68.6 Å². The van der Waals surface area contributed by atoms with E-state index in [1.807, 2.05) is 36.3 Å². The quantitative estimate of drug-likeness (QED) is 0.312. The summed E-state index contributed by atoms with van der Waals surface area (Å²) in [5, 5.41) is 6.66. The molecular formula is C20H27IN6. The first-order chi connectivity index (χ1) is 12.7. The van der Waals surface area contributed by atoms with Crippen molar-refractivity contribution < 1.29 is 0 Å². The monoisotopic (exact) mass is 478 g/mol. The molecule has 0 aliphatic rings. The second kappa shape index (κ2) is 10.8. The third kappa shape index (κ3) is 6.42. The number of guanidine groups is 1. The summed E-state index contributed by atoms with van der Waals surface area (Å²) in [5.74, 6) is 1.78. The van der Waals surface area contributed by atoms with Crippen LogP contribution in [0.1, 0.15) is 23.9 Å². The lowest BCUT2D eigenvalue weighted by Gasteiger charge is -2.12. The molecule has 7 heteroatoms. The van der Waals surface area contributed by atoms with Crippen LogP contribution in [-0.4, -0.2) is 26.6 Å². The number of hydrogen-bond donors (Lipinski definition) is 2. The minimum atomic E-state index is 0. The molecule has 2 heterocycles. The minimum Gasteiger partial charge on any atom is -0.357 e. The Morgan fingerprint density at radius 1 is 1.07 bits per heavy atom. The molecule has 1 aromatic carbocycles. The Labute approximate surface area is 177 Å². The first kappa shape index (κ1) is 21.0. The molecule has 144 valence electrons. The van der Waals surface area contributed by atoms with Crippen LogP contribution in [0.2, 0.25) is 0 Å². The summed E-state index contributed by atoms with van der Waals surface area (Å²) in [6, 6.07) is 12.5. The summed E-state index contributed by atoms with van der Waals surface area (Å²) in [5.41, 5.74) is 2.45. The highest BCUT2D eigenvalue weighted by Crippen LogP contribution is 2.06. The minimum absolute atomic E-state index is 0. The Morgan fingerprint density at radius 3 is 2.59 bits per heavy atom. The fraction of sp³-hybridized carbons (Fsp3) is 0.300. The van der Waals surface area contributed by atoms with Crippen molar-refractivity contribution in [2.75, 3.05) is 6.54 Å². The second-order valence-electron chi connectivity index (χ2n) is 6.19. The number of imidazole rings is 1. The Hall–Kier alpha value is -2.29. The zero-order valence-electron chi connectivity index (χ0n) is 15.8. The summed E-state index contributed by atoms with van der Waals surface area (Å²) < 4.78 is 4.19. The van der Waals surface area contributed by atoms with Crippen molar-refractivity contribution in [3.63, 3.8) is 0 Å². The van der Waals surface area contributed by atoms with E-state index < -0.39 is 0 Å². The Bertz CT molecular complexity index is 837. The van der Waals surface area contributed by atoms with Crippen LogP contribution in [0.3, 0.4) is 0 Å². The van der Waals surface area contributed by atoms with Crippen molar-refractivity contribution in [3.8, 4) is 0 Å². The second-order valence-corrected chi connectivity index (χ2v) is 6.19. The lowest BCUT2D eigenvalue weighted by molar-refractivity contribution is 0.688. The maximum atomic E-state index is 4.65. The van der Waals surface area contributed by atoms with Crippen molar-refractivity contribution in [1.29, 1.82) is 0 Å². The molecule has 2 N–H and O–H groups in total. The highest BCUT2D eigenvalue weighted by Gasteiger charge is 2.05. The van der Waals surface area contributed by atoms with Crippen LogP contribution in [0.4, 0.5) is 0 Å². The number of hydrogen-bond acceptors (Lipinski definition) is 2. The molecule has 0 fully saturated rings. The SMILES string of the molecule is CCNC(=NCc1ccn(C)c1)NCc1nccn1Cc1ccccc1.I. The predicted molar refractivity (Wildman–Crippen MR) is 120 cm³/mol. The molecule has 6 nitrogen and oxygen atoms in total. The summed E-state index contributed by atoms with van der Waals surface area (Å²) in [4.78, 5) is 9.13. The number of nitrogens with zero attached hydrogens (tertiary/aromatic N) is 4. The molecule has 3 rings (SSSR count). The first-order valence-electron chi connectivity index (χ1n) is 8.91. The van der Waals surface area contributed by atoms with E-state index in [1.165, 1.54) is 11.1 Å². The molecule has 0 atom stereocenters. The molecule has 2 aromatic heterocycles. The highest BCUT2D eigenvalue weighted by atomic mass is 127. The van der Waals surface area contributed by atoms with Crippen molar-refractivity contribution in [2.45, 2.75) is 26.6 Å². The van der Waals surface area contributed by atoms with Gasteiger partial charge in [0, 0.05) is 44.9 Å². The van der Waals surface area contributed by atoms with Crippen LogP contribution in [0.15, 0.2) is 66.2 Å². The van der Waals surface area contributed by atoms with E-state index in [4.69, 9.17) is 0 Å². The number of aliphatic imine (C=N–C) groups is 1. The molecule has 0 amide bonds. The van der Waals surface area contributed by atoms with Crippen molar-refractivity contribution in [2.24, 2.45) is 12.0 Å². The number of aromatic nitrogens is 3. The van der Waals surface area contributed by atoms with Gasteiger partial charge >= 0.3 is 0 Å². The van der Waals surface area contributed by atoms with Gasteiger partial charge < -0.3 is 19.8 Å². The van der Waals surface area contributed by atoms with Gasteiger partial charge in [-0.15, -0.1) is 24.0 Å². The van der Waals surface area contributed by atoms with Gasteiger partial charge in [-0.1, -0.05) is 30.3 Å². The third-order valence-corrected chi connectivity index (χ3v) is 4.07. The van der Waals surface area contributed by atoms with Gasteiger partial charge in [0.25, 0.3) is 0 Å². The molecule has 0 unspecified atom stereocenters. The molecule has 27 heavy (non-hydrogen) atoms. The van der Waals surface area contributed by atoms with Gasteiger partial charge in [0.15, 0.2) is 5.96 Å². The topological polar surface area (TPSA) is 59.2 Å². The maximum Gasteiger partial charge on any atom is 0.191 e. The van der Waals surface area contributed by atoms with Gasteiger partial charge in [-0.3, -0.25) is 0 Å². The van der Waals surface area contributed by atoms with Crippen LogP contribution in [-0.2, 0) is 26.7 Å². The van der Waals surface area contributed by atoms with Gasteiger partial charge in [-0.2, -0.15) is 0 Å². The third-order valence-electron chi connectivity index (χ3n) is 4.07. The van der Waals surface area contributed by atoms with Crippen molar-refractivity contribution in [3.05, 3.63) is 78.1 Å². The van der Waals surface area contributed by atoms with E-state index >= 15 is 0 Å². The summed E-state index contributed by atoms with van der Waals surface area (Å²) in [6.45, 7) is 4.97. The molecule has 3 aromatic rings. The van der Waals surface area contributed by atoms with Crippen LogP contribution in [0.25, 0.3) is 0 Å². The average molecular weight is 478 g/mol. The van der Waals surface area contributed by atoms with E-state index in [1.54, 1.807) is 0 Å². The lowest BCUT2D eigenvalue weighted by atomic mass is 10.2. The number of nitrogens with one attached hydrogen (secondary N) is 2. The van der Waals surface area contributed by atoms with Crippen LogP contribution in [0.5, 0.6) is 0 Å². The molecular weight excluding hydrogens is 451 g/mol. The Balaban J connectivity index is 0.00000261. The van der Waals surface area contributed by atoms with Crippen molar-refractivity contribution >= 4 is 29.9 Å². The smallest absolute Gasteiger partial charge is 0.191 e. The van der Waals surface area contributed by atoms with E-state index in [0.29, 0.717) is 13.1 Å². The maximum absolute atomic E-state index is 4.65. The van der Waals surface area contributed by atoms with Crippen LogP contribution >= 0.6 is 24.0 Å². The molecule has 0 bridgehead atoms. The lowest BCUT2D eigenvalue weighted by Crippen LogP contribution is -2.37. The number of rotatable bonds is 7. The van der Waals surface area contributed by atoms with E-state index in [9.17, 15) is 0 Å². The molecule has 0 saturated carbocycles. The van der Waals surface area contributed by atoms with Gasteiger partial charge in [0.2, 0.25) is 0 Å². The van der Waals surface area contributed by atoms with Gasteiger partial charge in [-0.25, -0.2) is 9.98 Å². The Morgan fingerprint density at radius 2 is 1.89 bits per heavy atom. The zero-order valence-corrected chi connectivity index (χ0v) is 18.1. The molecule has 0 spiro atoms. The largest absolute Gasteiger partial charge is 0.357 e. The van der Waals surface area contributed by atoms with Crippen LogP contribution in [0, 0.1) is 0 Å². The molecule has 0 aliphatic heterocycles. The average Bonchev–Trinajstić information content (AvgIpc) is 3.27. The van der Waals surface area contributed by atoms with E-state index in [-0.39, 0.29) is 24.0 Å². The summed E-state index contributed by atoms with van der Waals surface area (Å²) >= 11 is 0. The number of halogens is 1. The van der Waals surface area contributed by atoms with Gasteiger partial charge in [0.1, 0.15) is 5.82 Å². The fourth-order valence-electron chi connectivity index (χ4n) is 2.76. The zero-order chi connectivity index (χ0) is 18.2. The van der Waals surface area contributed by atoms with Crippen LogP contribution < -0.4 is 10.6 Å². The predicted octanol–water partition coefficient (Wildman–Crippen LogP) is 3.14. The highest BCUT2D eigenvalue weighted by molar-refractivity contribution is 14.0. The van der Waals surface area contributed by atoms with Gasteiger partial charge in [-0.05, 0) is 24.1 Å². The Kier molecular flexibility index (Phi) is 8.38. The van der Waals surface area contributed by atoms with E-state index in [0.717, 1.165) is 24.9 Å². The number of aryl methyl sites for hydroxylation is 1. The van der Waals surface area contributed by atoms with Gasteiger partial charge in [0.05, 0.1) is 13.1 Å². The summed E-state index contributed by atoms with van der Waals surface area (Å²) in [6.07, 6.45) is 7.97. The standard InChI is InChI=1S/C20H26N6.HI/c1-3-21-20(23-13-18-9-11-25(2)15-18)24-14-19-22-10-12-26(19)16-17-7-5-4-6-8-17;/h4-12,15H,3,13-14,16H2,1-2H3,(H2,21,23,24);1H. The first-order valence-corrected chi connectivity index (χ1v) is 8.91.